The van der Waals surface area contributed by atoms with Crippen LogP contribution in [0.2, 0.25) is 0 Å². The van der Waals surface area contributed by atoms with E-state index in [1.807, 2.05) is 17.7 Å². The number of aromatic nitrogens is 2. The van der Waals surface area contributed by atoms with Gasteiger partial charge >= 0.3 is 0 Å². The summed E-state index contributed by atoms with van der Waals surface area (Å²) in [5.41, 5.74) is -0.968. The van der Waals surface area contributed by atoms with E-state index in [1.165, 1.54) is 0 Å². The highest BCUT2D eigenvalue weighted by atomic mass is 16.2. The summed E-state index contributed by atoms with van der Waals surface area (Å²) in [6.45, 7) is 7.22. The van der Waals surface area contributed by atoms with Crippen LogP contribution < -0.4 is 10.6 Å². The Morgan fingerprint density at radius 1 is 1.28 bits per heavy atom. The molecule has 0 saturated heterocycles. The second kappa shape index (κ2) is 8.56. The van der Waals surface area contributed by atoms with Gasteiger partial charge in [0.25, 0.3) is 0 Å². The third kappa shape index (κ3) is 4.63. The summed E-state index contributed by atoms with van der Waals surface area (Å²) in [4.78, 5) is 29.6. The Labute approximate surface area is 173 Å². The minimum Gasteiger partial charge on any atom is -0.354 e. The fraction of sp³-hybridized carbons (Fsp3) is 0.727. The first-order valence-corrected chi connectivity index (χ1v) is 10.8. The lowest BCUT2D eigenvalue weighted by atomic mass is 9.85. The van der Waals surface area contributed by atoms with Crippen molar-refractivity contribution in [1.82, 2.24) is 20.2 Å². The van der Waals surface area contributed by atoms with Crippen molar-refractivity contribution in [3.05, 3.63) is 18.7 Å². The fourth-order valence-corrected chi connectivity index (χ4v) is 4.57. The fourth-order valence-electron chi connectivity index (χ4n) is 4.57. The number of imidazole rings is 1. The Hall–Kier alpha value is -2.36. The van der Waals surface area contributed by atoms with E-state index in [-0.39, 0.29) is 29.2 Å². The van der Waals surface area contributed by atoms with Gasteiger partial charge in [0.2, 0.25) is 11.8 Å². The Bertz CT molecular complexity index is 761. The van der Waals surface area contributed by atoms with Crippen LogP contribution in [0.15, 0.2) is 18.7 Å². The predicted molar refractivity (Wildman–Crippen MR) is 109 cm³/mol. The van der Waals surface area contributed by atoms with E-state index in [0.29, 0.717) is 25.4 Å². The van der Waals surface area contributed by atoms with Crippen molar-refractivity contribution in [1.29, 1.82) is 5.26 Å². The van der Waals surface area contributed by atoms with Crippen LogP contribution in [0.25, 0.3) is 0 Å². The van der Waals surface area contributed by atoms with E-state index < -0.39 is 5.41 Å². The molecule has 2 N–H and O–H groups in total. The molecule has 0 bridgehead atoms. The highest BCUT2D eigenvalue weighted by molar-refractivity contribution is 5.88. The van der Waals surface area contributed by atoms with E-state index in [0.717, 1.165) is 32.1 Å². The standard InChI is InChI=1S/C22H33N5O2/c1-16(2)10-18(27-9-8-24-15-27)19(28)25-13-21(6-4-5-7-21)14-26-20(29)22(12-23)11-17(22)3/h8-9,15-18H,4-7,10-11,13-14H2,1-3H3,(H,25,28)(H,26,29). The smallest absolute Gasteiger partial charge is 0.243 e. The largest absolute Gasteiger partial charge is 0.354 e. The number of hydrogen-bond acceptors (Lipinski definition) is 4. The first-order chi connectivity index (χ1) is 13.8. The molecule has 3 unspecified atom stereocenters. The number of nitrogens with zero attached hydrogens (tertiary/aromatic N) is 3. The van der Waals surface area contributed by atoms with Gasteiger partial charge in [0.05, 0.1) is 12.4 Å². The van der Waals surface area contributed by atoms with E-state index in [4.69, 9.17) is 0 Å². The lowest BCUT2D eigenvalue weighted by molar-refractivity contribution is -0.125. The molecular formula is C22H33N5O2. The van der Waals surface area contributed by atoms with Crippen LogP contribution >= 0.6 is 0 Å². The van der Waals surface area contributed by atoms with Crippen LogP contribution in [0.3, 0.4) is 0 Å². The zero-order valence-corrected chi connectivity index (χ0v) is 17.8. The van der Waals surface area contributed by atoms with Gasteiger partial charge in [-0.15, -0.1) is 0 Å². The van der Waals surface area contributed by atoms with Gasteiger partial charge in [-0.2, -0.15) is 5.26 Å². The lowest BCUT2D eigenvalue weighted by Crippen LogP contribution is -2.47. The molecule has 2 fully saturated rings. The van der Waals surface area contributed by atoms with Crippen LogP contribution in [-0.2, 0) is 9.59 Å². The van der Waals surface area contributed by atoms with Crippen molar-refractivity contribution in [3.8, 4) is 6.07 Å². The maximum atomic E-state index is 13.0. The number of nitrogens with one attached hydrogen (secondary N) is 2. The Morgan fingerprint density at radius 2 is 1.93 bits per heavy atom. The predicted octanol–water partition coefficient (Wildman–Crippen LogP) is 2.81. The number of hydrogen-bond donors (Lipinski definition) is 2. The number of carbonyl (C=O) groups excluding carboxylic acids is 2. The van der Waals surface area contributed by atoms with E-state index in [1.54, 1.807) is 12.5 Å². The number of amides is 2. The minimum absolute atomic E-state index is 0.00129. The van der Waals surface area contributed by atoms with Crippen LogP contribution in [-0.4, -0.2) is 34.5 Å². The summed E-state index contributed by atoms with van der Waals surface area (Å²) >= 11 is 0. The minimum atomic E-state index is -0.840. The first kappa shape index (κ1) is 21.4. The van der Waals surface area contributed by atoms with Gasteiger partial charge < -0.3 is 15.2 Å². The molecule has 1 aromatic heterocycles. The summed E-state index contributed by atoms with van der Waals surface area (Å²) in [5.74, 6) is 0.356. The zero-order chi connectivity index (χ0) is 21.1. The van der Waals surface area contributed by atoms with Gasteiger partial charge in [0.1, 0.15) is 11.5 Å². The highest BCUT2D eigenvalue weighted by Crippen LogP contribution is 2.52. The Morgan fingerprint density at radius 3 is 2.45 bits per heavy atom. The van der Waals surface area contributed by atoms with Crippen molar-refractivity contribution in [2.45, 2.75) is 65.3 Å². The molecule has 2 aliphatic carbocycles. The normalized spacial score (nSPS) is 26.0. The molecule has 2 amide bonds. The molecule has 158 valence electrons. The highest BCUT2D eigenvalue weighted by Gasteiger charge is 2.58. The van der Waals surface area contributed by atoms with Crippen molar-refractivity contribution < 1.29 is 9.59 Å². The molecule has 0 radical (unpaired) electrons. The number of carbonyl (C=O) groups is 2. The number of nitriles is 1. The van der Waals surface area contributed by atoms with Crippen LogP contribution in [0.5, 0.6) is 0 Å². The summed E-state index contributed by atoms with van der Waals surface area (Å²) < 4.78 is 1.86. The van der Waals surface area contributed by atoms with Crippen molar-refractivity contribution in [2.75, 3.05) is 13.1 Å². The summed E-state index contributed by atoms with van der Waals surface area (Å²) in [7, 11) is 0. The Balaban J connectivity index is 1.60. The summed E-state index contributed by atoms with van der Waals surface area (Å²) in [6, 6.07) is 1.92. The van der Waals surface area contributed by atoms with Crippen molar-refractivity contribution in [2.24, 2.45) is 22.7 Å². The van der Waals surface area contributed by atoms with E-state index in [2.05, 4.69) is 35.5 Å². The van der Waals surface area contributed by atoms with Crippen LogP contribution in [0.1, 0.15) is 65.3 Å². The average molecular weight is 400 g/mol. The van der Waals surface area contributed by atoms with Crippen LogP contribution in [0, 0.1) is 34.0 Å². The quantitative estimate of drug-likeness (QED) is 0.667. The van der Waals surface area contributed by atoms with Gasteiger partial charge in [-0.3, -0.25) is 9.59 Å². The molecule has 1 heterocycles. The molecule has 2 saturated carbocycles. The molecule has 2 aliphatic rings. The summed E-state index contributed by atoms with van der Waals surface area (Å²) in [5, 5.41) is 15.6. The third-order valence-electron chi connectivity index (χ3n) is 6.72. The average Bonchev–Trinajstić information content (AvgIpc) is 3.11. The van der Waals surface area contributed by atoms with Gasteiger partial charge in [-0.1, -0.05) is 33.6 Å². The second-order valence-electron chi connectivity index (χ2n) is 9.45. The SMILES string of the molecule is CC(C)CC(C(=O)NCC1(CNC(=O)C2(C#N)CC2C)CCCC1)n1ccnc1. The van der Waals surface area contributed by atoms with Crippen molar-refractivity contribution >= 4 is 11.8 Å². The topological polar surface area (TPSA) is 99.8 Å². The van der Waals surface area contributed by atoms with Gasteiger partial charge in [0.15, 0.2) is 0 Å². The summed E-state index contributed by atoms with van der Waals surface area (Å²) in [6.07, 6.45) is 10.7. The maximum absolute atomic E-state index is 13.0. The van der Waals surface area contributed by atoms with Gasteiger partial charge in [-0.25, -0.2) is 4.98 Å². The Kier molecular flexibility index (Phi) is 6.30. The van der Waals surface area contributed by atoms with Gasteiger partial charge in [0, 0.05) is 30.9 Å². The molecule has 1 aromatic rings. The van der Waals surface area contributed by atoms with Crippen LogP contribution in [0.4, 0.5) is 0 Å². The molecular weight excluding hydrogens is 366 g/mol. The molecule has 7 heteroatoms. The van der Waals surface area contributed by atoms with Crippen molar-refractivity contribution in [3.63, 3.8) is 0 Å². The molecule has 7 nitrogen and oxygen atoms in total. The lowest BCUT2D eigenvalue weighted by Gasteiger charge is -2.31. The maximum Gasteiger partial charge on any atom is 0.243 e. The molecule has 0 aliphatic heterocycles. The third-order valence-corrected chi connectivity index (χ3v) is 6.72. The molecule has 3 atom stereocenters. The van der Waals surface area contributed by atoms with Gasteiger partial charge in [-0.05, 0) is 37.5 Å². The molecule has 29 heavy (non-hydrogen) atoms. The molecule has 0 aromatic carbocycles. The van der Waals surface area contributed by atoms with E-state index >= 15 is 0 Å². The molecule has 3 rings (SSSR count). The monoisotopic (exact) mass is 399 g/mol. The second-order valence-corrected chi connectivity index (χ2v) is 9.45. The zero-order valence-electron chi connectivity index (χ0n) is 17.8. The van der Waals surface area contributed by atoms with E-state index in [9.17, 15) is 14.9 Å². The first-order valence-electron chi connectivity index (χ1n) is 10.8. The molecule has 0 spiro atoms. The number of rotatable bonds is 9.